The Morgan fingerprint density at radius 2 is 2.03 bits per heavy atom. The lowest BCUT2D eigenvalue weighted by Gasteiger charge is -2.06. The van der Waals surface area contributed by atoms with Crippen molar-refractivity contribution in [1.82, 2.24) is 0 Å². The molecule has 2 aromatic carbocycles. The molecule has 0 radical (unpaired) electrons. The van der Waals surface area contributed by atoms with E-state index < -0.39 is 16.9 Å². The van der Waals surface area contributed by atoms with E-state index >= 15 is 0 Å². The van der Waals surface area contributed by atoms with Crippen LogP contribution >= 0.6 is 0 Å². The zero-order valence-electron chi connectivity index (χ0n) is 16.3. The molecule has 3 rings (SSSR count). The normalized spacial score (nSPS) is 14.3. The highest BCUT2D eigenvalue weighted by atomic mass is 16.6. The van der Waals surface area contributed by atoms with E-state index in [9.17, 15) is 19.7 Å². The Labute approximate surface area is 171 Å². The van der Waals surface area contributed by atoms with Crippen molar-refractivity contribution >= 4 is 29.6 Å². The van der Waals surface area contributed by atoms with Gasteiger partial charge in [-0.3, -0.25) is 10.1 Å². The van der Waals surface area contributed by atoms with Gasteiger partial charge in [-0.1, -0.05) is 18.2 Å². The summed E-state index contributed by atoms with van der Waals surface area (Å²) < 4.78 is 15.4. The molecule has 0 saturated heterocycles. The van der Waals surface area contributed by atoms with E-state index in [0.29, 0.717) is 22.4 Å². The van der Waals surface area contributed by atoms with Crippen LogP contribution in [-0.2, 0) is 19.1 Å². The number of nitro groups is 1. The molecule has 9 nitrogen and oxygen atoms in total. The molecule has 0 saturated carbocycles. The smallest absolute Gasteiger partial charge is 0.363 e. The SMILES string of the molecule is CCOC(=O)COc1cccc(/C=C2\N=C(c3cccc([N+](=O)[O-])c3C)OC2=O)c1. The number of aliphatic imine (C=N–C) groups is 1. The highest BCUT2D eigenvalue weighted by molar-refractivity contribution is 6.13. The first-order valence-corrected chi connectivity index (χ1v) is 9.04. The standard InChI is InChI=1S/C21H18N2O7/c1-3-28-19(24)12-29-15-7-4-6-14(10-15)11-17-21(25)30-20(22-17)16-8-5-9-18(13(16)2)23(26)27/h4-11H,3,12H2,1-2H3/b17-11-. The number of ether oxygens (including phenoxy) is 3. The molecule has 0 unspecified atom stereocenters. The first-order valence-electron chi connectivity index (χ1n) is 9.04. The predicted octanol–water partition coefficient (Wildman–Crippen LogP) is 3.19. The zero-order chi connectivity index (χ0) is 21.7. The number of carbonyl (C=O) groups excluding carboxylic acids is 2. The van der Waals surface area contributed by atoms with Crippen LogP contribution in [0.1, 0.15) is 23.6 Å². The Morgan fingerprint density at radius 1 is 1.27 bits per heavy atom. The number of rotatable bonds is 7. The summed E-state index contributed by atoms with van der Waals surface area (Å²) in [5.74, 6) is -0.736. The van der Waals surface area contributed by atoms with Crippen molar-refractivity contribution in [3.8, 4) is 5.75 Å². The summed E-state index contributed by atoms with van der Waals surface area (Å²) in [6, 6.07) is 11.2. The van der Waals surface area contributed by atoms with Gasteiger partial charge in [-0.05, 0) is 43.7 Å². The minimum atomic E-state index is -0.672. The molecular formula is C21H18N2O7. The van der Waals surface area contributed by atoms with Gasteiger partial charge in [-0.25, -0.2) is 14.6 Å². The lowest BCUT2D eigenvalue weighted by atomic mass is 10.1. The Balaban J connectivity index is 1.83. The minimum absolute atomic E-state index is 0.00201. The van der Waals surface area contributed by atoms with Gasteiger partial charge in [-0.2, -0.15) is 0 Å². The molecule has 0 N–H and O–H groups in total. The lowest BCUT2D eigenvalue weighted by Crippen LogP contribution is -2.14. The number of esters is 2. The second-order valence-corrected chi connectivity index (χ2v) is 6.21. The van der Waals surface area contributed by atoms with Crippen molar-refractivity contribution in [2.45, 2.75) is 13.8 Å². The molecule has 154 valence electrons. The van der Waals surface area contributed by atoms with E-state index in [1.165, 1.54) is 18.2 Å². The molecule has 0 aliphatic carbocycles. The lowest BCUT2D eigenvalue weighted by molar-refractivity contribution is -0.385. The maximum Gasteiger partial charge on any atom is 0.363 e. The molecule has 1 aliphatic heterocycles. The van der Waals surface area contributed by atoms with Crippen LogP contribution in [0.3, 0.4) is 0 Å². The summed E-state index contributed by atoms with van der Waals surface area (Å²) in [6.07, 6.45) is 1.50. The highest BCUT2D eigenvalue weighted by Crippen LogP contribution is 2.26. The van der Waals surface area contributed by atoms with E-state index in [0.717, 1.165) is 0 Å². The van der Waals surface area contributed by atoms with Gasteiger partial charge in [0, 0.05) is 17.2 Å². The first-order chi connectivity index (χ1) is 14.4. The number of carbonyl (C=O) groups is 2. The monoisotopic (exact) mass is 410 g/mol. The first kappa shape index (κ1) is 20.7. The van der Waals surface area contributed by atoms with Gasteiger partial charge in [0.15, 0.2) is 12.3 Å². The average Bonchev–Trinajstić information content (AvgIpc) is 3.07. The molecule has 1 aliphatic rings. The van der Waals surface area contributed by atoms with Gasteiger partial charge < -0.3 is 14.2 Å². The number of cyclic esters (lactones) is 1. The Morgan fingerprint density at radius 3 is 2.77 bits per heavy atom. The number of hydrogen-bond acceptors (Lipinski definition) is 8. The zero-order valence-corrected chi connectivity index (χ0v) is 16.3. The van der Waals surface area contributed by atoms with Crippen LogP contribution < -0.4 is 4.74 Å². The third-order valence-corrected chi connectivity index (χ3v) is 4.18. The van der Waals surface area contributed by atoms with E-state index in [-0.39, 0.29) is 30.5 Å². The molecule has 0 spiro atoms. The fraction of sp³-hybridized carbons (Fsp3) is 0.190. The van der Waals surface area contributed by atoms with Crippen molar-refractivity contribution in [1.29, 1.82) is 0 Å². The Hall–Kier alpha value is -4.01. The molecule has 0 fully saturated rings. The quantitative estimate of drug-likeness (QED) is 0.298. The second kappa shape index (κ2) is 8.99. The van der Waals surface area contributed by atoms with Gasteiger partial charge >= 0.3 is 11.9 Å². The second-order valence-electron chi connectivity index (χ2n) is 6.21. The molecule has 0 bridgehead atoms. The Kier molecular flexibility index (Phi) is 6.21. The largest absolute Gasteiger partial charge is 0.482 e. The molecule has 0 aromatic heterocycles. The van der Waals surface area contributed by atoms with Crippen molar-refractivity contribution in [2.24, 2.45) is 4.99 Å². The summed E-state index contributed by atoms with van der Waals surface area (Å²) in [5, 5.41) is 11.1. The van der Waals surface area contributed by atoms with Crippen molar-refractivity contribution in [3.05, 3.63) is 75.0 Å². The summed E-state index contributed by atoms with van der Waals surface area (Å²) in [6.45, 7) is 3.30. The van der Waals surface area contributed by atoms with E-state index in [1.807, 2.05) is 0 Å². The minimum Gasteiger partial charge on any atom is -0.482 e. The summed E-state index contributed by atoms with van der Waals surface area (Å²) >= 11 is 0. The fourth-order valence-corrected chi connectivity index (χ4v) is 2.77. The van der Waals surface area contributed by atoms with E-state index in [1.54, 1.807) is 44.2 Å². The van der Waals surface area contributed by atoms with Crippen LogP contribution in [0.25, 0.3) is 6.08 Å². The summed E-state index contributed by atoms with van der Waals surface area (Å²) in [4.78, 5) is 38.5. The maximum atomic E-state index is 12.2. The molecule has 30 heavy (non-hydrogen) atoms. The van der Waals surface area contributed by atoms with Crippen molar-refractivity contribution in [2.75, 3.05) is 13.2 Å². The van der Waals surface area contributed by atoms with Crippen LogP contribution in [-0.4, -0.2) is 36.0 Å². The molecule has 0 amide bonds. The van der Waals surface area contributed by atoms with Gasteiger partial charge in [0.2, 0.25) is 5.90 Å². The van der Waals surface area contributed by atoms with Crippen LogP contribution in [0.15, 0.2) is 53.2 Å². The number of hydrogen-bond donors (Lipinski definition) is 0. The fourth-order valence-electron chi connectivity index (χ4n) is 2.77. The van der Waals surface area contributed by atoms with Crippen molar-refractivity contribution < 1.29 is 28.7 Å². The van der Waals surface area contributed by atoms with E-state index in [2.05, 4.69) is 4.99 Å². The molecular weight excluding hydrogens is 392 g/mol. The number of nitrogens with zero attached hydrogens (tertiary/aromatic N) is 2. The molecule has 9 heteroatoms. The maximum absolute atomic E-state index is 12.2. The van der Waals surface area contributed by atoms with Crippen molar-refractivity contribution in [3.63, 3.8) is 0 Å². The number of nitro benzene ring substituents is 1. The number of benzene rings is 2. The summed E-state index contributed by atoms with van der Waals surface area (Å²) in [7, 11) is 0. The van der Waals surface area contributed by atoms with Gasteiger partial charge in [0.25, 0.3) is 5.69 Å². The van der Waals surface area contributed by atoms with Gasteiger partial charge in [0.1, 0.15) is 5.75 Å². The topological polar surface area (TPSA) is 117 Å². The molecule has 1 heterocycles. The third kappa shape index (κ3) is 4.69. The van der Waals surface area contributed by atoms with Crippen LogP contribution in [0.5, 0.6) is 5.75 Å². The molecule has 0 atom stereocenters. The Bertz CT molecular complexity index is 1070. The summed E-state index contributed by atoms with van der Waals surface area (Å²) in [5.41, 5.74) is 1.27. The van der Waals surface area contributed by atoms with Crippen LogP contribution in [0.2, 0.25) is 0 Å². The van der Waals surface area contributed by atoms with Crippen LogP contribution in [0, 0.1) is 17.0 Å². The molecule has 2 aromatic rings. The van der Waals surface area contributed by atoms with Gasteiger partial charge in [0.05, 0.1) is 11.5 Å². The highest BCUT2D eigenvalue weighted by Gasteiger charge is 2.27. The third-order valence-electron chi connectivity index (χ3n) is 4.18. The van der Waals surface area contributed by atoms with Gasteiger partial charge in [-0.15, -0.1) is 0 Å². The van der Waals surface area contributed by atoms with Crippen LogP contribution in [0.4, 0.5) is 5.69 Å². The van der Waals surface area contributed by atoms with E-state index in [4.69, 9.17) is 14.2 Å². The average molecular weight is 410 g/mol. The predicted molar refractivity (Wildman–Crippen MR) is 107 cm³/mol.